The zero-order valence-corrected chi connectivity index (χ0v) is 36.4. The highest BCUT2D eigenvalue weighted by atomic mass is 16.6. The number of nitrogens with zero attached hydrogens (tertiary/aromatic N) is 3. The van der Waals surface area contributed by atoms with Gasteiger partial charge in [0.1, 0.15) is 11.2 Å². The van der Waals surface area contributed by atoms with Crippen LogP contribution in [0, 0.1) is 11.3 Å². The van der Waals surface area contributed by atoms with Crippen LogP contribution in [0.15, 0.2) is 42.5 Å². The van der Waals surface area contributed by atoms with Crippen molar-refractivity contribution in [1.82, 2.24) is 14.8 Å². The van der Waals surface area contributed by atoms with Crippen molar-refractivity contribution in [3.05, 3.63) is 70.4 Å². The molecule has 2 aromatic carbocycles. The molecule has 3 fully saturated rings. The third-order valence-corrected chi connectivity index (χ3v) is 15.9. The zero-order valence-electron chi connectivity index (χ0n) is 36.4. The van der Waals surface area contributed by atoms with Gasteiger partial charge in [0, 0.05) is 90.9 Å². The van der Waals surface area contributed by atoms with Crippen LogP contribution in [0.25, 0.3) is 10.9 Å². The number of hydrogen-bond donors (Lipinski definition) is 4. The number of anilines is 1. The summed E-state index contributed by atoms with van der Waals surface area (Å²) < 4.78 is 23.9. The van der Waals surface area contributed by atoms with E-state index < -0.39 is 57.5 Å². The number of benzene rings is 2. The molecule has 14 heteroatoms. The van der Waals surface area contributed by atoms with E-state index in [-0.39, 0.29) is 25.0 Å². The van der Waals surface area contributed by atoms with E-state index in [4.69, 9.17) is 18.9 Å². The summed E-state index contributed by atoms with van der Waals surface area (Å²) in [5.41, 5.74) is -1.42. The fourth-order valence-corrected chi connectivity index (χ4v) is 13.7. The Kier molecular flexibility index (Phi) is 9.98. The quantitative estimate of drug-likeness (QED) is 0.148. The average Bonchev–Trinajstić information content (AvgIpc) is 3.92. The number of aromatic amines is 1. The van der Waals surface area contributed by atoms with Gasteiger partial charge in [-0.05, 0) is 85.9 Å². The number of fused-ring (bicyclic) bond motifs is 6. The van der Waals surface area contributed by atoms with E-state index in [2.05, 4.69) is 20.9 Å². The van der Waals surface area contributed by atoms with E-state index >= 15 is 4.79 Å². The van der Waals surface area contributed by atoms with Gasteiger partial charge in [0.15, 0.2) is 6.10 Å². The highest BCUT2D eigenvalue weighted by Gasteiger charge is 2.80. The van der Waals surface area contributed by atoms with E-state index in [1.165, 1.54) is 21.1 Å². The highest BCUT2D eigenvalue weighted by Crippen LogP contribution is 2.68. The largest absolute Gasteiger partial charge is 0.496 e. The van der Waals surface area contributed by atoms with Gasteiger partial charge in [-0.25, -0.2) is 4.79 Å². The molecule has 3 aromatic rings. The van der Waals surface area contributed by atoms with Gasteiger partial charge in [-0.2, -0.15) is 0 Å². The van der Waals surface area contributed by atoms with Crippen LogP contribution in [-0.2, 0) is 52.5 Å². The summed E-state index contributed by atoms with van der Waals surface area (Å²) in [5, 5.41) is 36.5. The Hall–Kier alpha value is -4.47. The molecule has 9 rings (SSSR count). The molecule has 6 heterocycles. The second-order valence-corrected chi connectivity index (χ2v) is 18.7. The summed E-state index contributed by atoms with van der Waals surface area (Å²) in [6, 6.07) is 8.52. The molecule has 6 aliphatic rings. The number of hydrogen-bond acceptors (Lipinski definition) is 13. The molecule has 14 nitrogen and oxygen atoms in total. The molecule has 1 spiro atoms. The second kappa shape index (κ2) is 14.5. The molecule has 2 unspecified atom stereocenters. The Morgan fingerprint density at radius 2 is 1.72 bits per heavy atom. The third kappa shape index (κ3) is 5.54. The van der Waals surface area contributed by atoms with Gasteiger partial charge in [-0.15, -0.1) is 0 Å². The van der Waals surface area contributed by atoms with Crippen molar-refractivity contribution in [2.75, 3.05) is 66.0 Å². The number of aliphatic hydroxyl groups is 3. The van der Waals surface area contributed by atoms with E-state index in [9.17, 15) is 24.9 Å². The highest BCUT2D eigenvalue weighted by molar-refractivity contribution is 5.95. The van der Waals surface area contributed by atoms with Gasteiger partial charge in [0.2, 0.25) is 5.60 Å². The lowest BCUT2D eigenvalue weighted by atomic mass is 9.47. The van der Waals surface area contributed by atoms with Crippen LogP contribution >= 0.6 is 0 Å². The summed E-state index contributed by atoms with van der Waals surface area (Å²) >= 11 is 0. The number of aliphatic hydroxyl groups excluding tert-OH is 1. The first kappa shape index (κ1) is 41.9. The number of piperidine rings is 1. The lowest BCUT2D eigenvalue weighted by Gasteiger charge is -2.63. The zero-order chi connectivity index (χ0) is 43.4. The summed E-state index contributed by atoms with van der Waals surface area (Å²) in [4.78, 5) is 53.2. The minimum absolute atomic E-state index is 0.142. The number of carbonyl (C=O) groups excluding carboxylic acids is 3. The lowest BCUT2D eigenvalue weighted by Crippen LogP contribution is -2.81. The minimum atomic E-state index is -2.32. The molecular formula is C47H60N4O10. The number of ether oxygens (including phenoxy) is 4. The van der Waals surface area contributed by atoms with E-state index in [0.717, 1.165) is 33.3 Å². The normalized spacial score (nSPS) is 36.2. The van der Waals surface area contributed by atoms with Crippen LogP contribution in [0.3, 0.4) is 0 Å². The van der Waals surface area contributed by atoms with Crippen molar-refractivity contribution in [3.8, 4) is 5.75 Å². The number of likely N-dealkylation sites (N-methyl/N-ethyl adjacent to an activating group) is 1. The Bertz CT molecular complexity index is 2330. The average molecular weight is 841 g/mol. The molecule has 0 radical (unpaired) electrons. The number of rotatable bonds is 8. The first-order chi connectivity index (χ1) is 29.2. The molecule has 2 bridgehead atoms. The maximum atomic E-state index is 15.4. The SMILES string of the molecule is CC[C@]1(O)C[C@H]2CN(CCc3c([nH]c4ccc(CO)cc34)[C@@](C(=O)OC)(c3cc4c(cc3OC)N(C)C3[C@]45CCN4CC=C[C@@](CC)([C@@H](OC(C)=O)[C@]3(O)C(=O)OC)[C@H]45)C2)C1. The summed E-state index contributed by atoms with van der Waals surface area (Å²) in [6.07, 6.45) is 5.67. The minimum Gasteiger partial charge on any atom is -0.496 e. The third-order valence-electron chi connectivity index (χ3n) is 15.9. The van der Waals surface area contributed by atoms with Crippen molar-refractivity contribution >= 4 is 34.5 Å². The summed E-state index contributed by atoms with van der Waals surface area (Å²) in [5.74, 6) is -1.72. The Morgan fingerprint density at radius 1 is 0.951 bits per heavy atom. The van der Waals surface area contributed by atoms with Crippen molar-refractivity contribution in [3.63, 3.8) is 0 Å². The first-order valence-corrected chi connectivity index (χ1v) is 21.8. The fourth-order valence-electron chi connectivity index (χ4n) is 13.7. The molecule has 10 atom stereocenters. The van der Waals surface area contributed by atoms with Crippen LogP contribution in [0.4, 0.5) is 5.69 Å². The van der Waals surface area contributed by atoms with Gasteiger partial charge >= 0.3 is 17.9 Å². The molecule has 4 N–H and O–H groups in total. The molecular weight excluding hydrogens is 781 g/mol. The predicted molar refractivity (Wildman–Crippen MR) is 226 cm³/mol. The number of aromatic nitrogens is 1. The number of nitrogens with one attached hydrogen (secondary N) is 1. The molecule has 328 valence electrons. The van der Waals surface area contributed by atoms with Gasteiger partial charge in [0.05, 0.1) is 39.6 Å². The number of methoxy groups -OCH3 is 3. The maximum Gasteiger partial charge on any atom is 0.344 e. The second-order valence-electron chi connectivity index (χ2n) is 18.7. The standard InChI is InChI=1S/C47H60N4O10/c1-8-43(56)22-29-23-46(41(54)59-6,37-30(13-17-50(24-29)26-43)31-19-28(25-52)11-12-34(31)48-37)33-20-32-35(21-36(33)58-5)49(4)39-45(32)15-18-51-16-10-14-44(9-2,38(45)51)40(61-27(3)53)47(39,57)42(55)60-7/h10-12,14,19-21,29,38-40,48,52,56-57H,8-9,13,15-18,22-26H2,1-7H3/t29-,38+,39?,40-,43+,44-,45-,46+,47+/m1/s1. The fraction of sp³-hybridized carbons (Fsp3) is 0.596. The topological polar surface area (TPSA) is 174 Å². The maximum absolute atomic E-state index is 15.4. The van der Waals surface area contributed by atoms with Gasteiger partial charge in [-0.3, -0.25) is 19.4 Å². The van der Waals surface area contributed by atoms with Crippen LogP contribution in [0.2, 0.25) is 0 Å². The van der Waals surface area contributed by atoms with E-state index in [0.29, 0.717) is 81.8 Å². The van der Waals surface area contributed by atoms with Crippen molar-refractivity contribution in [2.45, 2.75) is 106 Å². The Morgan fingerprint density at radius 3 is 2.39 bits per heavy atom. The monoisotopic (exact) mass is 840 g/mol. The summed E-state index contributed by atoms with van der Waals surface area (Å²) in [6.45, 7) is 8.26. The molecule has 1 aromatic heterocycles. The van der Waals surface area contributed by atoms with E-state index in [1.54, 1.807) is 7.11 Å². The predicted octanol–water partition coefficient (Wildman–Crippen LogP) is 3.48. The molecule has 61 heavy (non-hydrogen) atoms. The van der Waals surface area contributed by atoms with Crippen molar-refractivity contribution in [1.29, 1.82) is 0 Å². The number of esters is 3. The van der Waals surface area contributed by atoms with Gasteiger partial charge < -0.3 is 44.2 Å². The van der Waals surface area contributed by atoms with Crippen molar-refractivity contribution in [2.24, 2.45) is 11.3 Å². The van der Waals surface area contributed by atoms with Gasteiger partial charge in [-0.1, -0.05) is 32.1 Å². The Labute approximate surface area is 356 Å². The summed E-state index contributed by atoms with van der Waals surface area (Å²) in [7, 11) is 6.08. The van der Waals surface area contributed by atoms with Crippen LogP contribution in [0.1, 0.15) is 80.8 Å². The van der Waals surface area contributed by atoms with Gasteiger partial charge in [0.25, 0.3) is 0 Å². The number of H-pyrrole nitrogens is 1. The lowest BCUT2D eigenvalue weighted by molar-refractivity contribution is -0.228. The smallest absolute Gasteiger partial charge is 0.344 e. The molecule has 1 aliphatic carbocycles. The van der Waals surface area contributed by atoms with E-state index in [1.807, 2.05) is 62.2 Å². The van der Waals surface area contributed by atoms with Crippen LogP contribution < -0.4 is 9.64 Å². The van der Waals surface area contributed by atoms with Crippen LogP contribution in [-0.4, -0.2) is 139 Å². The first-order valence-electron chi connectivity index (χ1n) is 21.8. The number of carbonyl (C=O) groups is 3. The Balaban J connectivity index is 1.37. The molecule has 5 aliphatic heterocycles. The van der Waals surface area contributed by atoms with Crippen LogP contribution in [0.5, 0.6) is 5.75 Å². The molecule has 2 saturated heterocycles. The molecule has 0 amide bonds. The van der Waals surface area contributed by atoms with Crippen molar-refractivity contribution < 1.29 is 48.7 Å². The molecule has 1 saturated carbocycles.